The number of carbonyl (C=O) groups excluding carboxylic acids is 1. The quantitative estimate of drug-likeness (QED) is 0.836. The van der Waals surface area contributed by atoms with Crippen LogP contribution in [0.4, 0.5) is 0 Å². The van der Waals surface area contributed by atoms with Gasteiger partial charge < -0.3 is 4.90 Å². The van der Waals surface area contributed by atoms with Gasteiger partial charge >= 0.3 is 0 Å². The normalized spacial score (nSPS) is 15.7. The van der Waals surface area contributed by atoms with E-state index in [-0.39, 0.29) is 28.5 Å². The average Bonchev–Trinajstić information content (AvgIpc) is 3.14. The first-order chi connectivity index (χ1) is 10.1. The molecule has 1 aliphatic heterocycles. The molecule has 0 bridgehead atoms. The molecule has 1 amide bonds. The van der Waals surface area contributed by atoms with Crippen LogP contribution < -0.4 is 0 Å². The molecule has 3 rings (SSSR count). The second kappa shape index (κ2) is 5.44. The van der Waals surface area contributed by atoms with Gasteiger partial charge in [-0.3, -0.25) is 4.79 Å². The highest BCUT2D eigenvalue weighted by molar-refractivity contribution is 7.91. The van der Waals surface area contributed by atoms with Crippen LogP contribution in [0.1, 0.15) is 19.3 Å². The lowest BCUT2D eigenvalue weighted by Gasteiger charge is -2.14. The molecule has 112 valence electrons. The third kappa shape index (κ3) is 2.76. The lowest BCUT2D eigenvalue weighted by atomic mass is 10.3. The van der Waals surface area contributed by atoms with E-state index in [2.05, 4.69) is 14.9 Å². The number of fused-ring (bicyclic) bond motifs is 1. The fourth-order valence-corrected chi connectivity index (χ4v) is 3.87. The largest absolute Gasteiger partial charge is 0.343 e. The van der Waals surface area contributed by atoms with Crippen LogP contribution >= 0.6 is 0 Å². The van der Waals surface area contributed by atoms with E-state index in [0.29, 0.717) is 5.52 Å². The molecule has 0 atom stereocenters. The van der Waals surface area contributed by atoms with Crippen molar-refractivity contribution < 1.29 is 17.8 Å². The predicted octanol–water partition coefficient (Wildman–Crippen LogP) is 1.01. The van der Waals surface area contributed by atoms with Crippen molar-refractivity contribution in [2.24, 2.45) is 0 Å². The Morgan fingerprint density at radius 3 is 2.76 bits per heavy atom. The van der Waals surface area contributed by atoms with Crippen LogP contribution in [0.15, 0.2) is 27.7 Å². The summed E-state index contributed by atoms with van der Waals surface area (Å²) in [5, 5.41) is 7.25. The molecule has 21 heavy (non-hydrogen) atoms. The van der Waals surface area contributed by atoms with Crippen molar-refractivity contribution in [3.63, 3.8) is 0 Å². The molecule has 0 radical (unpaired) electrons. The highest BCUT2D eigenvalue weighted by Crippen LogP contribution is 2.21. The average molecular weight is 309 g/mol. The van der Waals surface area contributed by atoms with E-state index in [9.17, 15) is 13.2 Å². The molecule has 0 aliphatic carbocycles. The standard InChI is InChI=1S/C13H15N3O4S/c17-12(16-7-1-2-8-16)6-9-21(18,19)11-5-3-4-10-13(11)15-20-14-10/h3-5H,1-2,6-9H2. The number of nitrogens with zero attached hydrogens (tertiary/aromatic N) is 3. The summed E-state index contributed by atoms with van der Waals surface area (Å²) in [5.74, 6) is -0.338. The molecule has 2 aromatic rings. The summed E-state index contributed by atoms with van der Waals surface area (Å²) in [6.45, 7) is 1.45. The maximum atomic E-state index is 12.4. The minimum absolute atomic E-state index is 0.00992. The minimum atomic E-state index is -3.59. The molecule has 0 unspecified atom stereocenters. The summed E-state index contributed by atoms with van der Waals surface area (Å²) in [5.41, 5.74) is 0.605. The molecular formula is C13H15N3O4S. The fraction of sp³-hybridized carbons (Fsp3) is 0.462. The van der Waals surface area contributed by atoms with Gasteiger partial charge in [-0.15, -0.1) is 0 Å². The summed E-state index contributed by atoms with van der Waals surface area (Å²) in [6, 6.07) is 4.67. The van der Waals surface area contributed by atoms with E-state index >= 15 is 0 Å². The van der Waals surface area contributed by atoms with Gasteiger partial charge in [-0.2, -0.15) is 0 Å². The van der Waals surface area contributed by atoms with E-state index < -0.39 is 9.84 Å². The number of sulfone groups is 1. The van der Waals surface area contributed by atoms with Crippen LogP contribution in [0.5, 0.6) is 0 Å². The summed E-state index contributed by atoms with van der Waals surface area (Å²) >= 11 is 0. The zero-order valence-corrected chi connectivity index (χ0v) is 12.2. The number of carbonyl (C=O) groups is 1. The Bertz CT molecular complexity index is 763. The van der Waals surface area contributed by atoms with Crippen molar-refractivity contribution >= 4 is 26.8 Å². The van der Waals surface area contributed by atoms with Crippen molar-refractivity contribution in [2.75, 3.05) is 18.8 Å². The van der Waals surface area contributed by atoms with Crippen molar-refractivity contribution in [3.05, 3.63) is 18.2 Å². The van der Waals surface area contributed by atoms with E-state index in [4.69, 9.17) is 0 Å². The first kappa shape index (κ1) is 14.0. The van der Waals surface area contributed by atoms with Gasteiger partial charge in [-0.1, -0.05) is 6.07 Å². The first-order valence-corrected chi connectivity index (χ1v) is 8.45. The minimum Gasteiger partial charge on any atom is -0.343 e. The zero-order chi connectivity index (χ0) is 14.9. The van der Waals surface area contributed by atoms with Crippen molar-refractivity contribution in [1.29, 1.82) is 0 Å². The molecule has 0 N–H and O–H groups in total. The van der Waals surface area contributed by atoms with E-state index in [0.717, 1.165) is 25.9 Å². The molecule has 7 nitrogen and oxygen atoms in total. The molecular weight excluding hydrogens is 294 g/mol. The molecule has 1 aromatic heterocycles. The Labute approximate surface area is 121 Å². The Morgan fingerprint density at radius 1 is 1.24 bits per heavy atom. The number of rotatable bonds is 4. The zero-order valence-electron chi connectivity index (χ0n) is 11.4. The summed E-state index contributed by atoms with van der Waals surface area (Å²) in [4.78, 5) is 13.7. The van der Waals surface area contributed by atoms with Crippen molar-refractivity contribution in [3.8, 4) is 0 Å². The Morgan fingerprint density at radius 2 is 2.00 bits per heavy atom. The third-order valence-corrected chi connectivity index (χ3v) is 5.37. The molecule has 1 aliphatic rings. The van der Waals surface area contributed by atoms with Gasteiger partial charge in [0.05, 0.1) is 10.6 Å². The van der Waals surface area contributed by atoms with Crippen molar-refractivity contribution in [1.82, 2.24) is 15.2 Å². The molecule has 0 saturated carbocycles. The molecule has 0 spiro atoms. The fourth-order valence-electron chi connectivity index (χ4n) is 2.49. The van der Waals surface area contributed by atoms with Crippen LogP contribution in [-0.2, 0) is 14.6 Å². The molecule has 8 heteroatoms. The summed E-state index contributed by atoms with van der Waals surface area (Å²) in [6.07, 6.45) is 1.97. The highest BCUT2D eigenvalue weighted by Gasteiger charge is 2.24. The highest BCUT2D eigenvalue weighted by atomic mass is 32.2. The lowest BCUT2D eigenvalue weighted by molar-refractivity contribution is -0.129. The predicted molar refractivity (Wildman–Crippen MR) is 74.3 cm³/mol. The first-order valence-electron chi connectivity index (χ1n) is 6.80. The Balaban J connectivity index is 1.77. The molecule has 1 fully saturated rings. The van der Waals surface area contributed by atoms with Gasteiger partial charge in [0.2, 0.25) is 5.91 Å². The van der Waals surface area contributed by atoms with Gasteiger partial charge in [-0.05, 0) is 35.3 Å². The van der Waals surface area contributed by atoms with E-state index in [1.807, 2.05) is 0 Å². The topological polar surface area (TPSA) is 93.4 Å². The van der Waals surface area contributed by atoms with Crippen LogP contribution in [0, 0.1) is 0 Å². The monoisotopic (exact) mass is 309 g/mol. The van der Waals surface area contributed by atoms with Gasteiger partial charge in [0.25, 0.3) is 0 Å². The number of hydrogen-bond acceptors (Lipinski definition) is 6. The summed E-state index contributed by atoms with van der Waals surface area (Å²) in [7, 11) is -3.59. The Kier molecular flexibility index (Phi) is 3.62. The van der Waals surface area contributed by atoms with Gasteiger partial charge in [0.15, 0.2) is 15.4 Å². The second-order valence-corrected chi connectivity index (χ2v) is 7.12. The van der Waals surface area contributed by atoms with Crippen LogP contribution in [-0.4, -0.2) is 48.4 Å². The Hall–Kier alpha value is -1.96. The van der Waals surface area contributed by atoms with Crippen LogP contribution in [0.2, 0.25) is 0 Å². The number of amides is 1. The SMILES string of the molecule is O=C(CCS(=O)(=O)c1cccc2nonc12)N1CCCC1. The lowest BCUT2D eigenvalue weighted by Crippen LogP contribution is -2.29. The van der Waals surface area contributed by atoms with Gasteiger partial charge in [0, 0.05) is 19.5 Å². The van der Waals surface area contributed by atoms with E-state index in [1.54, 1.807) is 17.0 Å². The van der Waals surface area contributed by atoms with Crippen LogP contribution in [0.3, 0.4) is 0 Å². The van der Waals surface area contributed by atoms with E-state index in [1.165, 1.54) is 6.07 Å². The van der Waals surface area contributed by atoms with Crippen molar-refractivity contribution in [2.45, 2.75) is 24.2 Å². The maximum absolute atomic E-state index is 12.4. The number of hydrogen-bond donors (Lipinski definition) is 0. The second-order valence-electron chi connectivity index (χ2n) is 5.04. The summed E-state index contributed by atoms with van der Waals surface area (Å²) < 4.78 is 29.3. The maximum Gasteiger partial charge on any atom is 0.223 e. The number of aromatic nitrogens is 2. The van der Waals surface area contributed by atoms with Gasteiger partial charge in [-0.25, -0.2) is 13.0 Å². The van der Waals surface area contributed by atoms with Gasteiger partial charge in [0.1, 0.15) is 5.52 Å². The smallest absolute Gasteiger partial charge is 0.223 e. The van der Waals surface area contributed by atoms with Crippen LogP contribution in [0.25, 0.3) is 11.0 Å². The molecule has 1 aromatic carbocycles. The molecule has 1 saturated heterocycles. The number of likely N-dealkylation sites (tertiary alicyclic amines) is 1. The number of benzene rings is 1. The molecule has 2 heterocycles. The third-order valence-electron chi connectivity index (χ3n) is 3.63.